The number of nitrogens with one attached hydrogen (secondary N) is 1. The van der Waals surface area contributed by atoms with Crippen molar-refractivity contribution in [3.05, 3.63) is 76.3 Å². The Morgan fingerprint density at radius 2 is 2.08 bits per heavy atom. The molecule has 0 atom stereocenters. The van der Waals surface area contributed by atoms with Crippen LogP contribution in [0.3, 0.4) is 0 Å². The van der Waals surface area contributed by atoms with E-state index in [1.165, 1.54) is 5.56 Å². The highest BCUT2D eigenvalue weighted by atomic mass is 32.1. The Morgan fingerprint density at radius 1 is 1.24 bits per heavy atom. The molecule has 2 aromatic carbocycles. The topological polar surface area (TPSA) is 65.8 Å². The lowest BCUT2D eigenvalue weighted by molar-refractivity contribution is -0.120. The van der Waals surface area contributed by atoms with Gasteiger partial charge in [0.05, 0.1) is 23.7 Å². The van der Waals surface area contributed by atoms with E-state index in [0.29, 0.717) is 12.1 Å². The van der Waals surface area contributed by atoms with Gasteiger partial charge in [-0.25, -0.2) is 4.98 Å². The fraction of sp³-hybridized carbons (Fsp3) is 0.150. The lowest BCUT2D eigenvalue weighted by Crippen LogP contribution is -2.24. The van der Waals surface area contributed by atoms with Crippen molar-refractivity contribution in [2.45, 2.75) is 19.9 Å². The van der Waals surface area contributed by atoms with Gasteiger partial charge in [0.15, 0.2) is 0 Å². The van der Waals surface area contributed by atoms with Gasteiger partial charge in [0, 0.05) is 17.5 Å². The van der Waals surface area contributed by atoms with E-state index in [9.17, 15) is 4.79 Å². The number of thiazole rings is 1. The number of hydrogen-bond donors (Lipinski definition) is 1. The molecule has 1 heterocycles. The Balaban J connectivity index is 1.59. The van der Waals surface area contributed by atoms with E-state index >= 15 is 0 Å². The van der Waals surface area contributed by atoms with Crippen LogP contribution in [-0.4, -0.2) is 10.9 Å². The second kappa shape index (κ2) is 7.73. The molecule has 5 heteroatoms. The van der Waals surface area contributed by atoms with Gasteiger partial charge in [-0.2, -0.15) is 5.26 Å². The predicted octanol–water partition coefficient (Wildman–Crippen LogP) is 3.85. The van der Waals surface area contributed by atoms with Crippen LogP contribution in [0.25, 0.3) is 10.6 Å². The molecule has 0 spiro atoms. The van der Waals surface area contributed by atoms with Crippen molar-refractivity contribution in [2.24, 2.45) is 0 Å². The minimum Gasteiger partial charge on any atom is -0.352 e. The van der Waals surface area contributed by atoms with Gasteiger partial charge in [0.25, 0.3) is 0 Å². The minimum absolute atomic E-state index is 0.0801. The van der Waals surface area contributed by atoms with Crippen molar-refractivity contribution in [1.29, 1.82) is 5.26 Å². The van der Waals surface area contributed by atoms with Gasteiger partial charge in [0.1, 0.15) is 5.01 Å². The van der Waals surface area contributed by atoms with Gasteiger partial charge < -0.3 is 5.32 Å². The van der Waals surface area contributed by atoms with Crippen LogP contribution in [0.4, 0.5) is 0 Å². The molecule has 4 nitrogen and oxygen atoms in total. The molecule has 124 valence electrons. The molecule has 1 N–H and O–H groups in total. The lowest BCUT2D eigenvalue weighted by Gasteiger charge is -2.04. The second-order valence-corrected chi connectivity index (χ2v) is 6.64. The number of rotatable bonds is 5. The van der Waals surface area contributed by atoms with E-state index in [-0.39, 0.29) is 12.3 Å². The number of nitrogens with zero attached hydrogens (tertiary/aromatic N) is 2. The zero-order valence-electron chi connectivity index (χ0n) is 13.8. The molecule has 0 unspecified atom stereocenters. The molecule has 0 bridgehead atoms. The van der Waals surface area contributed by atoms with Crippen LogP contribution in [0.15, 0.2) is 53.9 Å². The van der Waals surface area contributed by atoms with Crippen molar-refractivity contribution >= 4 is 17.2 Å². The highest BCUT2D eigenvalue weighted by Gasteiger charge is 2.09. The zero-order chi connectivity index (χ0) is 17.6. The number of nitriles is 1. The molecule has 0 fully saturated rings. The summed E-state index contributed by atoms with van der Waals surface area (Å²) in [6, 6.07) is 17.5. The van der Waals surface area contributed by atoms with Gasteiger partial charge >= 0.3 is 0 Å². The third kappa shape index (κ3) is 4.52. The van der Waals surface area contributed by atoms with Crippen molar-refractivity contribution in [1.82, 2.24) is 10.3 Å². The maximum absolute atomic E-state index is 12.1. The van der Waals surface area contributed by atoms with Crippen molar-refractivity contribution in [2.75, 3.05) is 0 Å². The first-order valence-corrected chi connectivity index (χ1v) is 8.79. The molecule has 0 aliphatic heterocycles. The van der Waals surface area contributed by atoms with Crippen molar-refractivity contribution in [3.63, 3.8) is 0 Å². The normalized spacial score (nSPS) is 10.2. The summed E-state index contributed by atoms with van der Waals surface area (Å²) in [7, 11) is 0. The first-order chi connectivity index (χ1) is 12.1. The van der Waals surface area contributed by atoms with Crippen LogP contribution in [0.2, 0.25) is 0 Å². The molecule has 0 aliphatic carbocycles. The monoisotopic (exact) mass is 347 g/mol. The predicted molar refractivity (Wildman–Crippen MR) is 99.0 cm³/mol. The van der Waals surface area contributed by atoms with Gasteiger partial charge in [-0.3, -0.25) is 4.79 Å². The Labute approximate surface area is 150 Å². The highest BCUT2D eigenvalue weighted by molar-refractivity contribution is 7.13. The summed E-state index contributed by atoms with van der Waals surface area (Å²) < 4.78 is 0. The molecule has 0 radical (unpaired) electrons. The van der Waals surface area contributed by atoms with Crippen LogP contribution < -0.4 is 5.32 Å². The minimum atomic E-state index is -0.0801. The van der Waals surface area contributed by atoms with Crippen LogP contribution >= 0.6 is 11.3 Å². The zero-order valence-corrected chi connectivity index (χ0v) is 14.6. The van der Waals surface area contributed by atoms with Crippen LogP contribution in [0.5, 0.6) is 0 Å². The van der Waals surface area contributed by atoms with Crippen LogP contribution in [0, 0.1) is 18.3 Å². The molecule has 1 aromatic heterocycles. The standard InChI is InChI=1S/C20H17N3OS/c1-14-4-2-7-17(8-14)20-23-18(13-25-20)10-19(24)22-12-16-6-3-5-15(9-16)11-21/h2-9,13H,10,12H2,1H3,(H,22,24). The Kier molecular flexibility index (Phi) is 5.22. The average molecular weight is 347 g/mol. The summed E-state index contributed by atoms with van der Waals surface area (Å²) in [5.74, 6) is -0.0801. The van der Waals surface area contributed by atoms with E-state index in [1.807, 2.05) is 42.6 Å². The smallest absolute Gasteiger partial charge is 0.226 e. The summed E-state index contributed by atoms with van der Waals surface area (Å²) >= 11 is 1.55. The molecule has 0 saturated heterocycles. The third-order valence-electron chi connectivity index (χ3n) is 3.70. The Morgan fingerprint density at radius 3 is 2.88 bits per heavy atom. The van der Waals surface area contributed by atoms with E-state index in [2.05, 4.69) is 22.4 Å². The van der Waals surface area contributed by atoms with E-state index in [4.69, 9.17) is 5.26 Å². The fourth-order valence-corrected chi connectivity index (χ4v) is 3.29. The lowest BCUT2D eigenvalue weighted by atomic mass is 10.1. The SMILES string of the molecule is Cc1cccc(-c2nc(CC(=O)NCc3cccc(C#N)c3)cs2)c1. The molecule has 3 aromatic rings. The van der Waals surface area contributed by atoms with Crippen molar-refractivity contribution in [3.8, 4) is 16.6 Å². The summed E-state index contributed by atoms with van der Waals surface area (Å²) in [4.78, 5) is 16.7. The maximum atomic E-state index is 12.1. The Bertz CT molecular complexity index is 940. The highest BCUT2D eigenvalue weighted by Crippen LogP contribution is 2.24. The van der Waals surface area contributed by atoms with Crippen molar-refractivity contribution < 1.29 is 4.79 Å². The third-order valence-corrected chi connectivity index (χ3v) is 4.64. The molecular formula is C20H17N3OS. The van der Waals surface area contributed by atoms with E-state index in [1.54, 1.807) is 23.5 Å². The molecular weight excluding hydrogens is 330 g/mol. The van der Waals surface area contributed by atoms with Gasteiger partial charge in [-0.15, -0.1) is 11.3 Å². The van der Waals surface area contributed by atoms with Gasteiger partial charge in [-0.05, 0) is 30.7 Å². The van der Waals surface area contributed by atoms with Crippen LogP contribution in [0.1, 0.15) is 22.4 Å². The molecule has 25 heavy (non-hydrogen) atoms. The number of aromatic nitrogens is 1. The number of carbonyl (C=O) groups is 1. The summed E-state index contributed by atoms with van der Waals surface area (Å²) in [5.41, 5.74) is 4.53. The van der Waals surface area contributed by atoms with Gasteiger partial charge in [0.2, 0.25) is 5.91 Å². The Hall–Kier alpha value is -2.97. The maximum Gasteiger partial charge on any atom is 0.226 e. The molecule has 0 saturated carbocycles. The number of aryl methyl sites for hydroxylation is 1. The largest absolute Gasteiger partial charge is 0.352 e. The number of benzene rings is 2. The van der Waals surface area contributed by atoms with Gasteiger partial charge in [-0.1, -0.05) is 35.9 Å². The summed E-state index contributed by atoms with van der Waals surface area (Å²) in [5, 5.41) is 14.6. The fourth-order valence-electron chi connectivity index (χ4n) is 2.48. The first-order valence-electron chi connectivity index (χ1n) is 7.91. The van der Waals surface area contributed by atoms with E-state index < -0.39 is 0 Å². The molecule has 1 amide bonds. The average Bonchev–Trinajstić information content (AvgIpc) is 3.08. The number of carbonyl (C=O) groups excluding carboxylic acids is 1. The summed E-state index contributed by atoms with van der Waals surface area (Å²) in [6.07, 6.45) is 0.250. The number of hydrogen-bond acceptors (Lipinski definition) is 4. The summed E-state index contributed by atoms with van der Waals surface area (Å²) in [6.45, 7) is 2.45. The molecule has 0 aliphatic rings. The quantitative estimate of drug-likeness (QED) is 0.762. The number of amides is 1. The van der Waals surface area contributed by atoms with E-state index in [0.717, 1.165) is 21.8 Å². The molecule has 3 rings (SSSR count). The van der Waals surface area contributed by atoms with Crippen LogP contribution in [-0.2, 0) is 17.8 Å². The first kappa shape index (κ1) is 16.9. The second-order valence-electron chi connectivity index (χ2n) is 5.78.